The Labute approximate surface area is 116 Å². The Balaban J connectivity index is 1.96. The van der Waals surface area contributed by atoms with Gasteiger partial charge in [0.25, 0.3) is 0 Å². The van der Waals surface area contributed by atoms with Crippen LogP contribution in [-0.2, 0) is 9.59 Å². The molecule has 1 aliphatic rings. The fourth-order valence-electron chi connectivity index (χ4n) is 2.05. The normalized spacial score (nSPS) is 16.6. The van der Waals surface area contributed by atoms with Crippen molar-refractivity contribution in [2.24, 2.45) is 0 Å². The van der Waals surface area contributed by atoms with Crippen molar-refractivity contribution >= 4 is 11.9 Å². The van der Waals surface area contributed by atoms with Crippen LogP contribution in [0, 0.1) is 0 Å². The lowest BCUT2D eigenvalue weighted by Gasteiger charge is -2.30. The average molecular weight is 279 g/mol. The number of rotatable bonds is 5. The first-order chi connectivity index (χ1) is 9.60. The number of carboxylic acids is 1. The third-order valence-corrected chi connectivity index (χ3v) is 3.03. The van der Waals surface area contributed by atoms with E-state index in [9.17, 15) is 9.59 Å². The van der Waals surface area contributed by atoms with Gasteiger partial charge in [0.1, 0.15) is 13.0 Å². The van der Waals surface area contributed by atoms with Gasteiger partial charge in [0, 0.05) is 6.54 Å². The van der Waals surface area contributed by atoms with Crippen molar-refractivity contribution in [3.05, 3.63) is 24.3 Å². The van der Waals surface area contributed by atoms with Gasteiger partial charge in [0.2, 0.25) is 5.91 Å². The third kappa shape index (κ3) is 3.40. The fourth-order valence-corrected chi connectivity index (χ4v) is 2.05. The summed E-state index contributed by atoms with van der Waals surface area (Å²) in [6.45, 7) is 2.90. The lowest BCUT2D eigenvalue weighted by atomic mass is 10.2. The van der Waals surface area contributed by atoms with E-state index in [2.05, 4.69) is 0 Å². The van der Waals surface area contributed by atoms with Crippen molar-refractivity contribution in [1.82, 2.24) is 4.90 Å². The average Bonchev–Trinajstić information content (AvgIpc) is 2.43. The van der Waals surface area contributed by atoms with Crippen molar-refractivity contribution in [3.8, 4) is 11.5 Å². The maximum Gasteiger partial charge on any atom is 0.312 e. The van der Waals surface area contributed by atoms with Crippen molar-refractivity contribution in [2.75, 3.05) is 19.7 Å². The zero-order chi connectivity index (χ0) is 14.5. The number of aliphatic carboxylic acids is 1. The number of nitrogens with zero attached hydrogens (tertiary/aromatic N) is 1. The highest BCUT2D eigenvalue weighted by Crippen LogP contribution is 2.30. The first kappa shape index (κ1) is 14.2. The summed E-state index contributed by atoms with van der Waals surface area (Å²) in [5, 5.41) is 8.66. The van der Waals surface area contributed by atoms with Crippen molar-refractivity contribution in [2.45, 2.75) is 19.4 Å². The van der Waals surface area contributed by atoms with E-state index in [-0.39, 0.29) is 6.10 Å². The third-order valence-electron chi connectivity index (χ3n) is 3.03. The predicted octanol–water partition coefficient (Wildman–Crippen LogP) is 1.15. The van der Waals surface area contributed by atoms with Crippen LogP contribution in [0.1, 0.15) is 13.3 Å². The molecule has 0 saturated carbocycles. The fraction of sp³-hybridized carbons (Fsp3) is 0.429. The molecule has 0 aromatic heterocycles. The number of para-hydroxylation sites is 2. The largest absolute Gasteiger partial charge is 0.486 e. The van der Waals surface area contributed by atoms with E-state index in [4.69, 9.17) is 14.6 Å². The Morgan fingerprint density at radius 2 is 2.05 bits per heavy atom. The van der Waals surface area contributed by atoms with Crippen LogP contribution in [0.4, 0.5) is 0 Å². The topological polar surface area (TPSA) is 76.1 Å². The number of fused-ring (bicyclic) bond motifs is 1. The molecular weight excluding hydrogens is 262 g/mol. The number of carboxylic acid groups (broad SMARTS) is 1. The summed E-state index contributed by atoms with van der Waals surface area (Å²) in [7, 11) is 0. The maximum absolute atomic E-state index is 11.8. The van der Waals surface area contributed by atoms with Crippen molar-refractivity contribution in [3.63, 3.8) is 0 Å². The zero-order valence-electron chi connectivity index (χ0n) is 11.2. The molecule has 0 aliphatic carbocycles. The van der Waals surface area contributed by atoms with Crippen LogP contribution >= 0.6 is 0 Å². The molecule has 0 saturated heterocycles. The number of hydrogen-bond donors (Lipinski definition) is 1. The summed E-state index contributed by atoms with van der Waals surface area (Å²) < 4.78 is 11.3. The SMILES string of the molecule is CCN(CC1COc2ccccc2O1)C(=O)CC(=O)O. The molecule has 1 aromatic carbocycles. The molecule has 1 heterocycles. The lowest BCUT2D eigenvalue weighted by molar-refractivity contribution is -0.144. The van der Waals surface area contributed by atoms with Gasteiger partial charge >= 0.3 is 5.97 Å². The smallest absolute Gasteiger partial charge is 0.312 e. The van der Waals surface area contributed by atoms with Gasteiger partial charge in [0.15, 0.2) is 17.6 Å². The number of likely N-dealkylation sites (N-methyl/N-ethyl adjacent to an activating group) is 1. The van der Waals surface area contributed by atoms with E-state index in [1.165, 1.54) is 4.90 Å². The molecule has 1 atom stereocenters. The van der Waals surface area contributed by atoms with Crippen LogP contribution in [0.3, 0.4) is 0 Å². The van der Waals surface area contributed by atoms with Gasteiger partial charge in [-0.15, -0.1) is 0 Å². The van der Waals surface area contributed by atoms with Crippen molar-refractivity contribution in [1.29, 1.82) is 0 Å². The molecule has 0 radical (unpaired) electrons. The van der Waals surface area contributed by atoms with E-state index in [1.807, 2.05) is 18.2 Å². The molecule has 1 aromatic rings. The monoisotopic (exact) mass is 279 g/mol. The van der Waals surface area contributed by atoms with Gasteiger partial charge in [-0.05, 0) is 19.1 Å². The van der Waals surface area contributed by atoms with E-state index in [1.54, 1.807) is 13.0 Å². The van der Waals surface area contributed by atoms with Crippen LogP contribution in [0.15, 0.2) is 24.3 Å². The summed E-state index contributed by atoms with van der Waals surface area (Å²) in [5.74, 6) is -0.212. The molecule has 20 heavy (non-hydrogen) atoms. The molecule has 6 heteroatoms. The molecule has 6 nitrogen and oxygen atoms in total. The van der Waals surface area contributed by atoms with Gasteiger partial charge in [-0.25, -0.2) is 0 Å². The number of benzene rings is 1. The summed E-state index contributed by atoms with van der Waals surface area (Å²) in [6.07, 6.45) is -0.791. The first-order valence-corrected chi connectivity index (χ1v) is 6.48. The molecule has 108 valence electrons. The second kappa shape index (κ2) is 6.27. The highest BCUT2D eigenvalue weighted by molar-refractivity contribution is 5.93. The molecule has 1 N–H and O–H groups in total. The molecule has 0 fully saturated rings. The standard InChI is InChI=1S/C14H17NO5/c1-2-15(13(16)7-14(17)18)8-10-9-19-11-5-3-4-6-12(11)20-10/h3-6,10H,2,7-9H2,1H3,(H,17,18). The van der Waals surface area contributed by atoms with Crippen LogP contribution < -0.4 is 9.47 Å². The Morgan fingerprint density at radius 1 is 1.35 bits per heavy atom. The van der Waals surface area contributed by atoms with E-state index >= 15 is 0 Å². The number of ether oxygens (including phenoxy) is 2. The van der Waals surface area contributed by atoms with Gasteiger partial charge < -0.3 is 19.5 Å². The summed E-state index contributed by atoms with van der Waals surface area (Å²) >= 11 is 0. The molecular formula is C14H17NO5. The van der Waals surface area contributed by atoms with Crippen LogP contribution in [0.25, 0.3) is 0 Å². The second-order valence-corrected chi connectivity index (χ2v) is 4.50. The van der Waals surface area contributed by atoms with Gasteiger partial charge in [-0.1, -0.05) is 12.1 Å². The van der Waals surface area contributed by atoms with Crippen LogP contribution in [0.2, 0.25) is 0 Å². The summed E-state index contributed by atoms with van der Waals surface area (Å²) in [4.78, 5) is 23.8. The molecule has 1 unspecified atom stereocenters. The quantitative estimate of drug-likeness (QED) is 0.818. The van der Waals surface area contributed by atoms with Gasteiger partial charge in [0.05, 0.1) is 6.54 Å². The second-order valence-electron chi connectivity index (χ2n) is 4.50. The Morgan fingerprint density at radius 3 is 2.70 bits per heavy atom. The highest BCUT2D eigenvalue weighted by Gasteiger charge is 2.25. The highest BCUT2D eigenvalue weighted by atomic mass is 16.6. The minimum absolute atomic E-state index is 0.289. The molecule has 2 rings (SSSR count). The molecule has 0 spiro atoms. The number of carbonyl (C=O) groups is 2. The van der Waals surface area contributed by atoms with Crippen LogP contribution in [0.5, 0.6) is 11.5 Å². The van der Waals surface area contributed by atoms with E-state index < -0.39 is 18.3 Å². The predicted molar refractivity (Wildman–Crippen MR) is 70.9 cm³/mol. The number of amides is 1. The first-order valence-electron chi connectivity index (χ1n) is 6.48. The Hall–Kier alpha value is -2.24. The number of carbonyl (C=O) groups excluding carboxylic acids is 1. The Kier molecular flexibility index (Phi) is 4.45. The zero-order valence-corrected chi connectivity index (χ0v) is 11.2. The van der Waals surface area contributed by atoms with Crippen molar-refractivity contribution < 1.29 is 24.2 Å². The van der Waals surface area contributed by atoms with E-state index in [0.29, 0.717) is 31.2 Å². The van der Waals surface area contributed by atoms with Gasteiger partial charge in [-0.3, -0.25) is 9.59 Å². The summed E-state index contributed by atoms with van der Waals surface area (Å²) in [5.41, 5.74) is 0. The molecule has 1 aliphatic heterocycles. The molecule has 0 bridgehead atoms. The van der Waals surface area contributed by atoms with Gasteiger partial charge in [-0.2, -0.15) is 0 Å². The Bertz CT molecular complexity index is 502. The maximum atomic E-state index is 11.8. The number of hydrogen-bond acceptors (Lipinski definition) is 4. The minimum Gasteiger partial charge on any atom is -0.486 e. The minimum atomic E-state index is -1.13. The van der Waals surface area contributed by atoms with E-state index in [0.717, 1.165) is 0 Å². The van der Waals surface area contributed by atoms with Crippen LogP contribution in [-0.4, -0.2) is 47.7 Å². The summed E-state index contributed by atoms with van der Waals surface area (Å²) in [6, 6.07) is 7.32. The lowest BCUT2D eigenvalue weighted by Crippen LogP contribution is -2.44. The molecule has 1 amide bonds.